The molecule has 1 aromatic carbocycles. The van der Waals surface area contributed by atoms with Crippen molar-refractivity contribution in [2.75, 3.05) is 51.3 Å². The summed E-state index contributed by atoms with van der Waals surface area (Å²) in [5.74, 6) is 1.09. The van der Waals surface area contributed by atoms with Crippen molar-refractivity contribution < 1.29 is 14.3 Å². The van der Waals surface area contributed by atoms with Gasteiger partial charge in [-0.15, -0.1) is 0 Å². The smallest absolute Gasteiger partial charge is 0.227 e. The van der Waals surface area contributed by atoms with E-state index >= 15 is 0 Å². The van der Waals surface area contributed by atoms with E-state index in [9.17, 15) is 9.59 Å². The number of ether oxygens (including phenoxy) is 1. The third-order valence-corrected chi connectivity index (χ3v) is 5.24. The van der Waals surface area contributed by atoms with Gasteiger partial charge in [0.25, 0.3) is 0 Å². The first-order chi connectivity index (χ1) is 12.1. The predicted octanol–water partition coefficient (Wildman–Crippen LogP) is 1.60. The molecule has 2 heterocycles. The number of hydrogen-bond donors (Lipinski definition) is 0. The Kier molecular flexibility index (Phi) is 5.46. The molecular formula is C19H27N3O3. The van der Waals surface area contributed by atoms with Gasteiger partial charge in [-0.05, 0) is 37.1 Å². The number of nitrogens with zero attached hydrogens (tertiary/aromatic N) is 3. The zero-order valence-corrected chi connectivity index (χ0v) is 15.1. The molecule has 1 unspecified atom stereocenters. The van der Waals surface area contributed by atoms with Crippen molar-refractivity contribution in [3.05, 3.63) is 24.3 Å². The molecule has 2 fully saturated rings. The SMILES string of the molecule is COc1ccc(N2CCN(C(=O)C3CCCN(C(C)=O)C3)CC2)cc1. The average molecular weight is 345 g/mol. The molecule has 0 radical (unpaired) electrons. The Balaban J connectivity index is 1.54. The van der Waals surface area contributed by atoms with E-state index in [0.717, 1.165) is 57.0 Å². The second-order valence-corrected chi connectivity index (χ2v) is 6.81. The molecule has 136 valence electrons. The second-order valence-electron chi connectivity index (χ2n) is 6.81. The lowest BCUT2D eigenvalue weighted by Crippen LogP contribution is -2.53. The van der Waals surface area contributed by atoms with Crippen LogP contribution in [-0.2, 0) is 9.59 Å². The molecular weight excluding hydrogens is 318 g/mol. The van der Waals surface area contributed by atoms with Crippen LogP contribution in [0.15, 0.2) is 24.3 Å². The van der Waals surface area contributed by atoms with Gasteiger partial charge in [-0.3, -0.25) is 9.59 Å². The summed E-state index contributed by atoms with van der Waals surface area (Å²) in [6.07, 6.45) is 1.81. The minimum absolute atomic E-state index is 0.0369. The van der Waals surface area contributed by atoms with Gasteiger partial charge >= 0.3 is 0 Å². The number of piperazine rings is 1. The molecule has 2 aliphatic rings. The molecule has 2 saturated heterocycles. The number of rotatable bonds is 3. The first-order valence-corrected chi connectivity index (χ1v) is 9.02. The summed E-state index contributed by atoms with van der Waals surface area (Å²) < 4.78 is 5.20. The molecule has 6 nitrogen and oxygen atoms in total. The van der Waals surface area contributed by atoms with Crippen LogP contribution in [0.25, 0.3) is 0 Å². The Bertz CT molecular complexity index is 609. The van der Waals surface area contributed by atoms with E-state index in [1.165, 1.54) is 0 Å². The lowest BCUT2D eigenvalue weighted by Gasteiger charge is -2.39. The maximum Gasteiger partial charge on any atom is 0.227 e. The number of amides is 2. The molecule has 0 saturated carbocycles. The summed E-state index contributed by atoms with van der Waals surface area (Å²) in [5.41, 5.74) is 1.16. The summed E-state index contributed by atoms with van der Waals surface area (Å²) in [6, 6.07) is 8.04. The Morgan fingerprint density at radius 3 is 2.28 bits per heavy atom. The number of anilines is 1. The van der Waals surface area contributed by atoms with E-state index in [1.807, 2.05) is 17.0 Å². The zero-order chi connectivity index (χ0) is 17.8. The van der Waals surface area contributed by atoms with Gasteiger partial charge in [-0.1, -0.05) is 0 Å². The van der Waals surface area contributed by atoms with Gasteiger partial charge < -0.3 is 19.4 Å². The van der Waals surface area contributed by atoms with Crippen LogP contribution in [0, 0.1) is 5.92 Å². The van der Waals surface area contributed by atoms with Gasteiger partial charge in [-0.25, -0.2) is 0 Å². The molecule has 1 atom stereocenters. The number of carbonyl (C=O) groups excluding carboxylic acids is 2. The molecule has 2 amide bonds. The second kappa shape index (κ2) is 7.76. The number of benzene rings is 1. The van der Waals surface area contributed by atoms with Crippen molar-refractivity contribution in [3.8, 4) is 5.75 Å². The number of piperidine rings is 1. The van der Waals surface area contributed by atoms with Crippen LogP contribution in [0.3, 0.4) is 0 Å². The predicted molar refractivity (Wildman–Crippen MR) is 96.8 cm³/mol. The number of methoxy groups -OCH3 is 1. The van der Waals surface area contributed by atoms with Crippen LogP contribution >= 0.6 is 0 Å². The third-order valence-electron chi connectivity index (χ3n) is 5.24. The van der Waals surface area contributed by atoms with Crippen molar-refractivity contribution in [2.24, 2.45) is 5.92 Å². The largest absolute Gasteiger partial charge is 0.497 e. The van der Waals surface area contributed by atoms with Crippen molar-refractivity contribution in [3.63, 3.8) is 0 Å². The average Bonchev–Trinajstić information content (AvgIpc) is 2.67. The summed E-state index contributed by atoms with van der Waals surface area (Å²) in [5, 5.41) is 0. The van der Waals surface area contributed by atoms with Crippen molar-refractivity contribution in [1.29, 1.82) is 0 Å². The van der Waals surface area contributed by atoms with Crippen LogP contribution in [0.2, 0.25) is 0 Å². The van der Waals surface area contributed by atoms with Gasteiger partial charge in [-0.2, -0.15) is 0 Å². The molecule has 0 N–H and O–H groups in total. The van der Waals surface area contributed by atoms with Gasteiger partial charge in [0.1, 0.15) is 5.75 Å². The standard InChI is InChI=1S/C19H27N3O3/c1-15(23)22-9-3-4-16(14-22)19(24)21-12-10-20(11-13-21)17-5-7-18(25-2)8-6-17/h5-8,16H,3-4,9-14H2,1-2H3. The fourth-order valence-corrected chi connectivity index (χ4v) is 3.70. The lowest BCUT2D eigenvalue weighted by atomic mass is 9.96. The van der Waals surface area contributed by atoms with Crippen molar-refractivity contribution in [1.82, 2.24) is 9.80 Å². The topological polar surface area (TPSA) is 53.1 Å². The first kappa shape index (κ1) is 17.6. The summed E-state index contributed by atoms with van der Waals surface area (Å²) >= 11 is 0. The van der Waals surface area contributed by atoms with E-state index in [1.54, 1.807) is 18.9 Å². The molecule has 25 heavy (non-hydrogen) atoms. The Morgan fingerprint density at radius 1 is 1.00 bits per heavy atom. The van der Waals surface area contributed by atoms with Crippen LogP contribution < -0.4 is 9.64 Å². The van der Waals surface area contributed by atoms with Crippen molar-refractivity contribution in [2.45, 2.75) is 19.8 Å². The van der Waals surface area contributed by atoms with Crippen LogP contribution in [0.4, 0.5) is 5.69 Å². The quantitative estimate of drug-likeness (QED) is 0.835. The van der Waals surface area contributed by atoms with Gasteiger partial charge in [0, 0.05) is 51.9 Å². The molecule has 3 rings (SSSR count). The van der Waals surface area contributed by atoms with E-state index in [0.29, 0.717) is 6.54 Å². The van der Waals surface area contributed by atoms with Crippen LogP contribution in [0.1, 0.15) is 19.8 Å². The summed E-state index contributed by atoms with van der Waals surface area (Å²) in [7, 11) is 1.66. The van der Waals surface area contributed by atoms with E-state index in [2.05, 4.69) is 17.0 Å². The van der Waals surface area contributed by atoms with Gasteiger partial charge in [0.2, 0.25) is 11.8 Å². The molecule has 0 aliphatic carbocycles. The highest BCUT2D eigenvalue weighted by atomic mass is 16.5. The number of likely N-dealkylation sites (tertiary alicyclic amines) is 1. The normalized spacial score (nSPS) is 21.2. The molecule has 0 spiro atoms. The fraction of sp³-hybridized carbons (Fsp3) is 0.579. The summed E-state index contributed by atoms with van der Waals surface area (Å²) in [4.78, 5) is 30.4. The maximum absolute atomic E-state index is 12.8. The first-order valence-electron chi connectivity index (χ1n) is 9.02. The third kappa shape index (κ3) is 4.06. The van der Waals surface area contributed by atoms with Crippen LogP contribution in [-0.4, -0.2) is 68.0 Å². The minimum Gasteiger partial charge on any atom is -0.497 e. The molecule has 2 aliphatic heterocycles. The van der Waals surface area contributed by atoms with E-state index in [4.69, 9.17) is 4.74 Å². The number of hydrogen-bond acceptors (Lipinski definition) is 4. The Morgan fingerprint density at radius 2 is 1.68 bits per heavy atom. The zero-order valence-electron chi connectivity index (χ0n) is 15.1. The van der Waals surface area contributed by atoms with Gasteiger partial charge in [0.05, 0.1) is 13.0 Å². The lowest BCUT2D eigenvalue weighted by molar-refractivity contribution is -0.140. The summed E-state index contributed by atoms with van der Waals surface area (Å²) in [6.45, 7) is 6.09. The highest BCUT2D eigenvalue weighted by Crippen LogP contribution is 2.23. The monoisotopic (exact) mass is 345 g/mol. The molecule has 0 bridgehead atoms. The van der Waals surface area contributed by atoms with Crippen LogP contribution in [0.5, 0.6) is 5.75 Å². The molecule has 0 aromatic heterocycles. The van der Waals surface area contributed by atoms with E-state index in [-0.39, 0.29) is 17.7 Å². The number of carbonyl (C=O) groups is 2. The minimum atomic E-state index is -0.0369. The molecule has 6 heteroatoms. The fourth-order valence-electron chi connectivity index (χ4n) is 3.70. The van der Waals surface area contributed by atoms with E-state index < -0.39 is 0 Å². The Labute approximate surface area is 149 Å². The highest BCUT2D eigenvalue weighted by molar-refractivity contribution is 5.81. The van der Waals surface area contributed by atoms with Crippen molar-refractivity contribution >= 4 is 17.5 Å². The highest BCUT2D eigenvalue weighted by Gasteiger charge is 2.31. The Hall–Kier alpha value is -2.24. The molecule has 1 aromatic rings. The van der Waals surface area contributed by atoms with Gasteiger partial charge in [0.15, 0.2) is 0 Å². The maximum atomic E-state index is 12.8.